The Morgan fingerprint density at radius 1 is 1.47 bits per heavy atom. The van der Waals surface area contributed by atoms with Crippen LogP contribution in [-0.2, 0) is 20.8 Å². The summed E-state index contributed by atoms with van der Waals surface area (Å²) in [5.41, 5.74) is 0. The lowest BCUT2D eigenvalue weighted by atomic mass is 10.3. The molecular weight excluding hydrogens is 258 g/mol. The molecule has 0 heterocycles. The molecule has 0 aromatic heterocycles. The number of hydrogen-bond acceptors (Lipinski definition) is 3. The standard InChI is InChI=1S/C8H18ClNO3S2/c1-8(14(2)11)4-6-10-15(12,13)7-3-5-9/h8,10H,3-7H2,1-2H3. The molecule has 0 aromatic carbocycles. The number of nitrogens with one attached hydrogen (secondary N) is 1. The lowest BCUT2D eigenvalue weighted by Crippen LogP contribution is -2.29. The van der Waals surface area contributed by atoms with Gasteiger partial charge in [-0.2, -0.15) is 0 Å². The first kappa shape index (κ1) is 15.3. The van der Waals surface area contributed by atoms with Crippen molar-refractivity contribution in [2.75, 3.05) is 24.4 Å². The molecule has 0 amide bonds. The van der Waals surface area contributed by atoms with Gasteiger partial charge < -0.3 is 0 Å². The average Bonchev–Trinajstić information content (AvgIpc) is 2.14. The SMILES string of the molecule is CC(CCNS(=O)(=O)CCCCl)S(C)=O. The largest absolute Gasteiger partial charge is 0.260 e. The fourth-order valence-electron chi connectivity index (χ4n) is 0.900. The van der Waals surface area contributed by atoms with Gasteiger partial charge in [0, 0.05) is 34.7 Å². The third kappa shape index (κ3) is 8.19. The number of halogens is 1. The molecule has 7 heteroatoms. The monoisotopic (exact) mass is 275 g/mol. The maximum atomic E-state index is 11.3. The van der Waals surface area contributed by atoms with E-state index in [-0.39, 0.29) is 11.0 Å². The van der Waals surface area contributed by atoms with Crippen molar-refractivity contribution in [1.82, 2.24) is 4.72 Å². The van der Waals surface area contributed by atoms with E-state index in [1.807, 2.05) is 6.92 Å². The summed E-state index contributed by atoms with van der Waals surface area (Å²) in [6.07, 6.45) is 2.65. The molecule has 0 spiro atoms. The van der Waals surface area contributed by atoms with Gasteiger partial charge in [0.1, 0.15) is 0 Å². The van der Waals surface area contributed by atoms with Crippen LogP contribution in [0.4, 0.5) is 0 Å². The van der Waals surface area contributed by atoms with E-state index in [4.69, 9.17) is 11.6 Å². The zero-order chi connectivity index (χ0) is 11.9. The highest BCUT2D eigenvalue weighted by atomic mass is 35.5. The number of sulfonamides is 1. The molecule has 0 bridgehead atoms. The van der Waals surface area contributed by atoms with Crippen molar-refractivity contribution < 1.29 is 12.6 Å². The van der Waals surface area contributed by atoms with Crippen molar-refractivity contribution >= 4 is 32.4 Å². The molecule has 92 valence electrons. The summed E-state index contributed by atoms with van der Waals surface area (Å²) in [5.74, 6) is 0.399. The molecule has 0 aliphatic rings. The minimum atomic E-state index is -3.20. The molecule has 0 saturated heterocycles. The molecule has 0 saturated carbocycles. The quantitative estimate of drug-likeness (QED) is 0.663. The fraction of sp³-hybridized carbons (Fsp3) is 1.00. The van der Waals surface area contributed by atoms with Crippen LogP contribution in [0.1, 0.15) is 19.8 Å². The second kappa shape index (κ2) is 7.60. The van der Waals surface area contributed by atoms with E-state index >= 15 is 0 Å². The molecule has 0 rings (SSSR count). The molecule has 15 heavy (non-hydrogen) atoms. The molecule has 2 atom stereocenters. The van der Waals surface area contributed by atoms with Crippen molar-refractivity contribution in [1.29, 1.82) is 0 Å². The minimum absolute atomic E-state index is 0.0146. The van der Waals surface area contributed by atoms with Gasteiger partial charge in [-0.3, -0.25) is 4.21 Å². The Kier molecular flexibility index (Phi) is 7.77. The molecule has 2 unspecified atom stereocenters. The second-order valence-electron chi connectivity index (χ2n) is 3.35. The number of hydrogen-bond donors (Lipinski definition) is 1. The first-order valence-electron chi connectivity index (χ1n) is 4.74. The molecule has 0 aliphatic carbocycles. The van der Waals surface area contributed by atoms with E-state index in [9.17, 15) is 12.6 Å². The van der Waals surface area contributed by atoms with Gasteiger partial charge in [0.25, 0.3) is 0 Å². The Morgan fingerprint density at radius 2 is 2.07 bits per heavy atom. The van der Waals surface area contributed by atoms with Crippen LogP contribution in [0.25, 0.3) is 0 Å². The Balaban J connectivity index is 3.80. The summed E-state index contributed by atoms with van der Waals surface area (Å²) in [7, 11) is -4.10. The van der Waals surface area contributed by atoms with E-state index < -0.39 is 20.8 Å². The molecule has 1 N–H and O–H groups in total. The highest BCUT2D eigenvalue weighted by Gasteiger charge is 2.11. The van der Waals surface area contributed by atoms with E-state index in [1.54, 1.807) is 6.26 Å². The van der Waals surface area contributed by atoms with Crippen molar-refractivity contribution in [3.05, 3.63) is 0 Å². The first-order chi connectivity index (χ1) is 6.89. The van der Waals surface area contributed by atoms with Crippen LogP contribution in [0.3, 0.4) is 0 Å². The zero-order valence-corrected chi connectivity index (χ0v) is 11.4. The van der Waals surface area contributed by atoms with Gasteiger partial charge in [-0.25, -0.2) is 13.1 Å². The van der Waals surface area contributed by atoms with Crippen LogP contribution in [0.2, 0.25) is 0 Å². The Bertz CT molecular complexity index is 292. The van der Waals surface area contributed by atoms with E-state index in [1.165, 1.54) is 0 Å². The van der Waals surface area contributed by atoms with Gasteiger partial charge in [-0.15, -0.1) is 11.6 Å². The number of alkyl halides is 1. The maximum absolute atomic E-state index is 11.3. The average molecular weight is 276 g/mol. The molecule has 0 radical (unpaired) electrons. The third-order valence-electron chi connectivity index (χ3n) is 1.99. The summed E-state index contributed by atoms with van der Waals surface area (Å²) in [5, 5.41) is 0.0146. The highest BCUT2D eigenvalue weighted by molar-refractivity contribution is 7.89. The lowest BCUT2D eigenvalue weighted by Gasteiger charge is -2.09. The highest BCUT2D eigenvalue weighted by Crippen LogP contribution is 1.99. The predicted molar refractivity (Wildman–Crippen MR) is 65.3 cm³/mol. The fourth-order valence-corrected chi connectivity index (χ4v) is 2.74. The van der Waals surface area contributed by atoms with Crippen LogP contribution in [0.5, 0.6) is 0 Å². The summed E-state index contributed by atoms with van der Waals surface area (Å²) in [6.45, 7) is 2.18. The van der Waals surface area contributed by atoms with Crippen LogP contribution in [0, 0.1) is 0 Å². The van der Waals surface area contributed by atoms with Crippen molar-refractivity contribution in [2.45, 2.75) is 25.0 Å². The van der Waals surface area contributed by atoms with Gasteiger partial charge >= 0.3 is 0 Å². The Labute approximate surface area is 99.3 Å². The van der Waals surface area contributed by atoms with Gasteiger partial charge in [-0.1, -0.05) is 6.92 Å². The van der Waals surface area contributed by atoms with Crippen molar-refractivity contribution in [3.63, 3.8) is 0 Å². The van der Waals surface area contributed by atoms with Crippen LogP contribution in [-0.4, -0.2) is 42.3 Å². The summed E-state index contributed by atoms with van der Waals surface area (Å²) in [6, 6.07) is 0. The second-order valence-corrected chi connectivity index (χ2v) is 7.46. The number of rotatable bonds is 8. The van der Waals surface area contributed by atoms with E-state index in [2.05, 4.69) is 4.72 Å². The third-order valence-corrected chi connectivity index (χ3v) is 5.09. The summed E-state index contributed by atoms with van der Waals surface area (Å²) < 4.78 is 36.0. The van der Waals surface area contributed by atoms with Crippen LogP contribution in [0.15, 0.2) is 0 Å². The topological polar surface area (TPSA) is 63.2 Å². The summed E-state index contributed by atoms with van der Waals surface area (Å²) >= 11 is 5.40. The van der Waals surface area contributed by atoms with Crippen molar-refractivity contribution in [3.8, 4) is 0 Å². The molecule has 0 aliphatic heterocycles. The Morgan fingerprint density at radius 3 is 2.53 bits per heavy atom. The smallest absolute Gasteiger partial charge is 0.211 e. The van der Waals surface area contributed by atoms with Gasteiger partial charge in [0.05, 0.1) is 5.75 Å². The molecular formula is C8H18ClNO3S2. The molecule has 0 fully saturated rings. The molecule has 0 aromatic rings. The minimum Gasteiger partial charge on any atom is -0.260 e. The maximum Gasteiger partial charge on any atom is 0.211 e. The van der Waals surface area contributed by atoms with Crippen LogP contribution >= 0.6 is 11.6 Å². The van der Waals surface area contributed by atoms with Crippen molar-refractivity contribution in [2.24, 2.45) is 0 Å². The summed E-state index contributed by atoms with van der Waals surface area (Å²) in [4.78, 5) is 0. The normalized spacial score (nSPS) is 16.2. The van der Waals surface area contributed by atoms with Crippen LogP contribution < -0.4 is 4.72 Å². The zero-order valence-electron chi connectivity index (χ0n) is 9.03. The van der Waals surface area contributed by atoms with Gasteiger partial charge in [-0.05, 0) is 12.8 Å². The lowest BCUT2D eigenvalue weighted by molar-refractivity contribution is 0.576. The van der Waals surface area contributed by atoms with Gasteiger partial charge in [0.15, 0.2) is 0 Å². The van der Waals surface area contributed by atoms with Gasteiger partial charge in [0.2, 0.25) is 10.0 Å². The Hall–Kier alpha value is 0.350. The first-order valence-corrected chi connectivity index (χ1v) is 8.55. The predicted octanol–water partition coefficient (Wildman–Crippen LogP) is 0.692. The van der Waals surface area contributed by atoms with E-state index in [0.29, 0.717) is 25.3 Å². The van der Waals surface area contributed by atoms with E-state index in [0.717, 1.165) is 0 Å². The molecule has 4 nitrogen and oxygen atoms in total.